The minimum atomic E-state index is -0.228. The van der Waals surface area contributed by atoms with Gasteiger partial charge in [-0.2, -0.15) is 0 Å². The monoisotopic (exact) mass is 413 g/mol. The second-order valence-electron chi connectivity index (χ2n) is 7.62. The van der Waals surface area contributed by atoms with E-state index >= 15 is 0 Å². The Bertz CT molecular complexity index is 987. The predicted octanol–water partition coefficient (Wildman–Crippen LogP) is 4.60. The maximum atomic E-state index is 12.9. The molecule has 0 atom stereocenters. The molecule has 0 amide bonds. The summed E-state index contributed by atoms with van der Waals surface area (Å²) in [5, 5.41) is 0. The second-order valence-corrected chi connectivity index (χ2v) is 8.63. The van der Waals surface area contributed by atoms with Crippen molar-refractivity contribution < 1.29 is 9.13 Å². The Hall–Kier alpha value is -2.18. The van der Waals surface area contributed by atoms with Gasteiger partial charge in [-0.15, -0.1) is 0 Å². The molecule has 1 saturated heterocycles. The SMILES string of the molecule is Cn1c(=NC2CCN(CCCCOc3ccc(F)cc3)CC2)sc2ccccc21. The van der Waals surface area contributed by atoms with Gasteiger partial charge in [-0.05, 0) is 68.6 Å². The summed E-state index contributed by atoms with van der Waals surface area (Å²) in [6.07, 6.45) is 4.38. The number of ether oxygens (including phenoxy) is 1. The van der Waals surface area contributed by atoms with Crippen LogP contribution < -0.4 is 9.54 Å². The Kier molecular flexibility index (Phi) is 6.62. The first kappa shape index (κ1) is 20.1. The molecule has 1 aromatic heterocycles. The first-order chi connectivity index (χ1) is 14.2. The molecule has 0 unspecified atom stereocenters. The molecule has 0 aliphatic carbocycles. The first-order valence-electron chi connectivity index (χ1n) is 10.4. The van der Waals surface area contributed by atoms with Gasteiger partial charge in [0.25, 0.3) is 0 Å². The average Bonchev–Trinajstić information content (AvgIpc) is 3.06. The summed E-state index contributed by atoms with van der Waals surface area (Å²) in [5.74, 6) is 0.511. The van der Waals surface area contributed by atoms with Gasteiger partial charge in [0, 0.05) is 20.1 Å². The van der Waals surface area contributed by atoms with Crippen molar-refractivity contribution in [3.8, 4) is 5.75 Å². The van der Waals surface area contributed by atoms with Crippen molar-refractivity contribution in [3.63, 3.8) is 0 Å². The average molecular weight is 414 g/mol. The molecule has 154 valence electrons. The zero-order valence-electron chi connectivity index (χ0n) is 16.9. The number of nitrogens with zero attached hydrogens (tertiary/aromatic N) is 3. The van der Waals surface area contributed by atoms with Crippen LogP contribution in [-0.2, 0) is 7.05 Å². The number of unbranched alkanes of at least 4 members (excludes halogenated alkanes) is 1. The number of halogens is 1. The zero-order chi connectivity index (χ0) is 20.1. The molecule has 2 heterocycles. The Morgan fingerprint density at radius 3 is 2.59 bits per heavy atom. The van der Waals surface area contributed by atoms with Crippen LogP contribution in [0.2, 0.25) is 0 Å². The van der Waals surface area contributed by atoms with Gasteiger partial charge >= 0.3 is 0 Å². The number of rotatable bonds is 7. The molecule has 3 aromatic rings. The zero-order valence-corrected chi connectivity index (χ0v) is 17.7. The van der Waals surface area contributed by atoms with E-state index in [2.05, 4.69) is 40.8 Å². The number of likely N-dealkylation sites (tertiary alicyclic amines) is 1. The van der Waals surface area contributed by atoms with E-state index in [4.69, 9.17) is 9.73 Å². The topological polar surface area (TPSA) is 29.8 Å². The third-order valence-electron chi connectivity index (χ3n) is 5.52. The summed E-state index contributed by atoms with van der Waals surface area (Å²) in [5.41, 5.74) is 1.26. The Labute approximate surface area is 175 Å². The molecule has 4 nitrogen and oxygen atoms in total. The highest BCUT2D eigenvalue weighted by Crippen LogP contribution is 2.18. The van der Waals surface area contributed by atoms with E-state index in [1.165, 1.54) is 22.3 Å². The van der Waals surface area contributed by atoms with E-state index < -0.39 is 0 Å². The molecule has 0 N–H and O–H groups in total. The van der Waals surface area contributed by atoms with Gasteiger partial charge in [0.2, 0.25) is 0 Å². The van der Waals surface area contributed by atoms with Crippen molar-refractivity contribution in [2.75, 3.05) is 26.2 Å². The lowest BCUT2D eigenvalue weighted by atomic mass is 10.1. The van der Waals surface area contributed by atoms with Crippen LogP contribution in [0.15, 0.2) is 53.5 Å². The lowest BCUT2D eigenvalue weighted by Crippen LogP contribution is -2.36. The number of para-hydroxylation sites is 1. The number of aryl methyl sites for hydroxylation is 1. The summed E-state index contributed by atoms with van der Waals surface area (Å²) >= 11 is 1.78. The fraction of sp³-hybridized carbons (Fsp3) is 0.435. The largest absolute Gasteiger partial charge is 0.494 e. The van der Waals surface area contributed by atoms with Crippen LogP contribution in [0.1, 0.15) is 25.7 Å². The molecule has 29 heavy (non-hydrogen) atoms. The lowest BCUT2D eigenvalue weighted by molar-refractivity contribution is 0.202. The van der Waals surface area contributed by atoms with E-state index in [0.717, 1.165) is 55.9 Å². The highest BCUT2D eigenvalue weighted by atomic mass is 32.1. The summed E-state index contributed by atoms with van der Waals surface area (Å²) in [4.78, 5) is 8.71. The molecule has 4 rings (SSSR count). The third kappa shape index (κ3) is 5.25. The number of hydrogen-bond acceptors (Lipinski definition) is 4. The van der Waals surface area contributed by atoms with Crippen molar-refractivity contribution in [3.05, 3.63) is 59.1 Å². The predicted molar refractivity (Wildman–Crippen MR) is 117 cm³/mol. The summed E-state index contributed by atoms with van der Waals surface area (Å²) in [7, 11) is 2.11. The summed E-state index contributed by atoms with van der Waals surface area (Å²) in [6.45, 7) is 4.01. The van der Waals surface area contributed by atoms with E-state index in [9.17, 15) is 4.39 Å². The molecule has 1 aliphatic heterocycles. The van der Waals surface area contributed by atoms with Gasteiger partial charge in [-0.3, -0.25) is 4.99 Å². The van der Waals surface area contributed by atoms with Crippen molar-refractivity contribution in [2.45, 2.75) is 31.7 Å². The molecule has 0 saturated carbocycles. The molecule has 0 radical (unpaired) electrons. The second kappa shape index (κ2) is 9.55. The standard InChI is InChI=1S/C23H28FN3OS/c1-26-21-6-2-3-7-22(21)29-23(26)25-19-12-15-27(16-13-19)14-4-5-17-28-20-10-8-18(24)9-11-20/h2-3,6-11,19H,4-5,12-17H2,1H3. The smallest absolute Gasteiger partial charge is 0.185 e. The van der Waals surface area contributed by atoms with Gasteiger partial charge in [0.1, 0.15) is 11.6 Å². The molecular weight excluding hydrogens is 385 g/mol. The molecule has 0 bridgehead atoms. The van der Waals surface area contributed by atoms with Gasteiger partial charge in [-0.25, -0.2) is 4.39 Å². The van der Waals surface area contributed by atoms with Crippen LogP contribution >= 0.6 is 11.3 Å². The van der Waals surface area contributed by atoms with Gasteiger partial charge in [0.05, 0.1) is 22.9 Å². The maximum Gasteiger partial charge on any atom is 0.185 e. The number of benzene rings is 2. The minimum absolute atomic E-state index is 0.228. The van der Waals surface area contributed by atoms with Crippen LogP contribution in [-0.4, -0.2) is 41.8 Å². The minimum Gasteiger partial charge on any atom is -0.494 e. The van der Waals surface area contributed by atoms with Crippen molar-refractivity contribution in [2.24, 2.45) is 12.0 Å². The van der Waals surface area contributed by atoms with Crippen LogP contribution in [0.3, 0.4) is 0 Å². The molecule has 1 fully saturated rings. The van der Waals surface area contributed by atoms with Crippen LogP contribution in [0.4, 0.5) is 4.39 Å². The number of piperidine rings is 1. The highest BCUT2D eigenvalue weighted by molar-refractivity contribution is 7.16. The van der Waals surface area contributed by atoms with Crippen LogP contribution in [0.25, 0.3) is 10.2 Å². The van der Waals surface area contributed by atoms with E-state index in [1.54, 1.807) is 23.5 Å². The van der Waals surface area contributed by atoms with Gasteiger partial charge < -0.3 is 14.2 Å². The van der Waals surface area contributed by atoms with Crippen molar-refractivity contribution in [1.29, 1.82) is 0 Å². The number of aromatic nitrogens is 1. The van der Waals surface area contributed by atoms with Crippen molar-refractivity contribution in [1.82, 2.24) is 9.47 Å². The molecular formula is C23H28FN3OS. The Balaban J connectivity index is 1.19. The Morgan fingerprint density at radius 2 is 1.83 bits per heavy atom. The molecule has 6 heteroatoms. The maximum absolute atomic E-state index is 12.9. The highest BCUT2D eigenvalue weighted by Gasteiger charge is 2.18. The van der Waals surface area contributed by atoms with Gasteiger partial charge in [0.15, 0.2) is 4.80 Å². The van der Waals surface area contributed by atoms with Crippen molar-refractivity contribution >= 4 is 21.6 Å². The van der Waals surface area contributed by atoms with Crippen LogP contribution in [0, 0.1) is 5.82 Å². The van der Waals surface area contributed by atoms with Gasteiger partial charge in [-0.1, -0.05) is 23.5 Å². The number of fused-ring (bicyclic) bond motifs is 1. The number of thiazole rings is 1. The normalized spacial score (nSPS) is 16.6. The number of hydrogen-bond donors (Lipinski definition) is 0. The fourth-order valence-electron chi connectivity index (χ4n) is 3.79. The molecule has 1 aliphatic rings. The third-order valence-corrected chi connectivity index (χ3v) is 6.64. The summed E-state index contributed by atoms with van der Waals surface area (Å²) < 4.78 is 22.1. The van der Waals surface area contributed by atoms with E-state index in [1.807, 2.05) is 0 Å². The molecule has 2 aromatic carbocycles. The lowest BCUT2D eigenvalue weighted by Gasteiger charge is -2.29. The Morgan fingerprint density at radius 1 is 1.07 bits per heavy atom. The fourth-order valence-corrected chi connectivity index (χ4v) is 4.88. The van der Waals surface area contributed by atoms with E-state index in [-0.39, 0.29) is 5.82 Å². The first-order valence-corrected chi connectivity index (χ1v) is 11.2. The molecule has 0 spiro atoms. The van der Waals surface area contributed by atoms with E-state index in [0.29, 0.717) is 12.6 Å². The quantitative estimate of drug-likeness (QED) is 0.530. The summed E-state index contributed by atoms with van der Waals surface area (Å²) in [6, 6.07) is 15.2. The van der Waals surface area contributed by atoms with Crippen LogP contribution in [0.5, 0.6) is 5.75 Å².